The summed E-state index contributed by atoms with van der Waals surface area (Å²) in [4.78, 5) is 8.25. The Bertz CT molecular complexity index is 355. The lowest BCUT2D eigenvalue weighted by molar-refractivity contribution is 0.232. The van der Waals surface area contributed by atoms with E-state index in [0.29, 0.717) is 18.3 Å². The first-order chi connectivity index (χ1) is 8.51. The summed E-state index contributed by atoms with van der Waals surface area (Å²) < 4.78 is 5.53. The molecular weight excluding hydrogens is 228 g/mol. The summed E-state index contributed by atoms with van der Waals surface area (Å²) in [6.45, 7) is 8.88. The second-order valence-electron chi connectivity index (χ2n) is 5.11. The number of ether oxygens (including phenoxy) is 1. The zero-order chi connectivity index (χ0) is 13.5. The fourth-order valence-corrected chi connectivity index (χ4v) is 1.72. The summed E-state index contributed by atoms with van der Waals surface area (Å²) in [5.74, 6) is 1.94. The largest absolute Gasteiger partial charge is 0.475 e. The number of hydrogen-bond donors (Lipinski definition) is 2. The zero-order valence-corrected chi connectivity index (χ0v) is 11.7. The highest BCUT2D eigenvalue weighted by molar-refractivity contribution is 5.38. The van der Waals surface area contributed by atoms with Gasteiger partial charge in [-0.05, 0) is 26.2 Å². The minimum absolute atomic E-state index is 0.105. The average Bonchev–Trinajstić information content (AvgIpc) is 2.27. The number of aromatic nitrogens is 2. The van der Waals surface area contributed by atoms with Gasteiger partial charge in [0.25, 0.3) is 0 Å². The number of nitrogens with zero attached hydrogens (tertiary/aromatic N) is 2. The first-order valence-corrected chi connectivity index (χ1v) is 6.46. The predicted molar refractivity (Wildman–Crippen MR) is 73.7 cm³/mol. The summed E-state index contributed by atoms with van der Waals surface area (Å²) in [6.07, 6.45) is 2.62. The second kappa shape index (κ2) is 7.16. The third kappa shape index (κ3) is 5.31. The van der Waals surface area contributed by atoms with Crippen LogP contribution >= 0.6 is 0 Å². The van der Waals surface area contributed by atoms with E-state index in [9.17, 15) is 0 Å². The molecule has 1 aromatic rings. The zero-order valence-electron chi connectivity index (χ0n) is 11.7. The summed E-state index contributed by atoms with van der Waals surface area (Å²) in [5, 5.41) is 3.32. The predicted octanol–water partition coefficient (Wildman–Crippen LogP) is 2.05. The number of anilines is 1. The molecule has 18 heavy (non-hydrogen) atoms. The minimum Gasteiger partial charge on any atom is -0.475 e. The van der Waals surface area contributed by atoms with Crippen molar-refractivity contribution in [3.63, 3.8) is 0 Å². The van der Waals surface area contributed by atoms with E-state index in [-0.39, 0.29) is 12.1 Å². The van der Waals surface area contributed by atoms with Crippen LogP contribution in [0.2, 0.25) is 0 Å². The van der Waals surface area contributed by atoms with Gasteiger partial charge in [0, 0.05) is 18.7 Å². The molecule has 1 heterocycles. The van der Waals surface area contributed by atoms with E-state index in [1.165, 1.54) is 6.33 Å². The molecule has 0 aliphatic carbocycles. The molecule has 0 aliphatic rings. The molecular formula is C13H24N4O. The van der Waals surface area contributed by atoms with E-state index in [1.54, 1.807) is 0 Å². The SMILES string of the molecule is CC(C)CC(CN)Nc1cc(OC(C)C)ncn1. The topological polar surface area (TPSA) is 73.1 Å². The third-order valence-electron chi connectivity index (χ3n) is 2.39. The van der Waals surface area contributed by atoms with Crippen molar-refractivity contribution < 1.29 is 4.74 Å². The lowest BCUT2D eigenvalue weighted by Crippen LogP contribution is -2.30. The Morgan fingerprint density at radius 2 is 2.00 bits per heavy atom. The average molecular weight is 252 g/mol. The molecule has 1 aromatic heterocycles. The summed E-state index contributed by atoms with van der Waals surface area (Å²) in [7, 11) is 0. The van der Waals surface area contributed by atoms with E-state index >= 15 is 0 Å². The van der Waals surface area contributed by atoms with Gasteiger partial charge in [-0.1, -0.05) is 13.8 Å². The summed E-state index contributed by atoms with van der Waals surface area (Å²) in [6, 6.07) is 2.04. The smallest absolute Gasteiger partial charge is 0.218 e. The molecule has 0 aliphatic heterocycles. The van der Waals surface area contributed by atoms with Gasteiger partial charge in [0.05, 0.1) is 6.10 Å². The van der Waals surface area contributed by atoms with E-state index in [1.807, 2.05) is 19.9 Å². The first kappa shape index (κ1) is 14.7. The van der Waals surface area contributed by atoms with Gasteiger partial charge in [-0.2, -0.15) is 0 Å². The van der Waals surface area contributed by atoms with Crippen molar-refractivity contribution in [3.8, 4) is 5.88 Å². The van der Waals surface area contributed by atoms with Crippen LogP contribution in [0.3, 0.4) is 0 Å². The van der Waals surface area contributed by atoms with Gasteiger partial charge < -0.3 is 15.8 Å². The van der Waals surface area contributed by atoms with E-state index in [0.717, 1.165) is 12.2 Å². The van der Waals surface area contributed by atoms with E-state index in [2.05, 4.69) is 29.1 Å². The van der Waals surface area contributed by atoms with Crippen molar-refractivity contribution in [3.05, 3.63) is 12.4 Å². The van der Waals surface area contributed by atoms with Crippen LogP contribution in [0.5, 0.6) is 5.88 Å². The summed E-state index contributed by atoms with van der Waals surface area (Å²) in [5.41, 5.74) is 5.75. The molecule has 5 nitrogen and oxygen atoms in total. The second-order valence-corrected chi connectivity index (χ2v) is 5.11. The van der Waals surface area contributed by atoms with Crippen molar-refractivity contribution >= 4 is 5.82 Å². The summed E-state index contributed by atoms with van der Waals surface area (Å²) >= 11 is 0. The lowest BCUT2D eigenvalue weighted by atomic mass is 10.0. The molecule has 1 atom stereocenters. The molecule has 1 rings (SSSR count). The standard InChI is InChI=1S/C13H24N4O/c1-9(2)5-11(7-14)17-12-6-13(16-8-15-12)18-10(3)4/h6,8-11H,5,7,14H2,1-4H3,(H,15,16,17). The molecule has 3 N–H and O–H groups in total. The maximum Gasteiger partial charge on any atom is 0.218 e. The van der Waals surface area contributed by atoms with Crippen molar-refractivity contribution in [2.75, 3.05) is 11.9 Å². The van der Waals surface area contributed by atoms with E-state index < -0.39 is 0 Å². The van der Waals surface area contributed by atoms with Crippen LogP contribution < -0.4 is 15.8 Å². The fourth-order valence-electron chi connectivity index (χ4n) is 1.72. The Morgan fingerprint density at radius 1 is 1.28 bits per heavy atom. The highest BCUT2D eigenvalue weighted by Crippen LogP contribution is 2.15. The van der Waals surface area contributed by atoms with Crippen LogP contribution in [0.25, 0.3) is 0 Å². The molecule has 0 spiro atoms. The van der Waals surface area contributed by atoms with Crippen LogP contribution in [0.15, 0.2) is 12.4 Å². The lowest BCUT2D eigenvalue weighted by Gasteiger charge is -2.19. The highest BCUT2D eigenvalue weighted by Gasteiger charge is 2.10. The van der Waals surface area contributed by atoms with Gasteiger partial charge in [-0.3, -0.25) is 0 Å². The quantitative estimate of drug-likeness (QED) is 0.777. The Hall–Kier alpha value is -1.36. The van der Waals surface area contributed by atoms with Gasteiger partial charge >= 0.3 is 0 Å². The molecule has 0 saturated carbocycles. The maximum atomic E-state index is 5.75. The van der Waals surface area contributed by atoms with Gasteiger partial charge in [-0.15, -0.1) is 0 Å². The number of hydrogen-bond acceptors (Lipinski definition) is 5. The molecule has 1 unspecified atom stereocenters. The molecule has 0 amide bonds. The Morgan fingerprint density at radius 3 is 2.56 bits per heavy atom. The molecule has 102 valence electrons. The van der Waals surface area contributed by atoms with Gasteiger partial charge in [0.1, 0.15) is 12.1 Å². The Kier molecular flexibility index (Phi) is 5.85. The molecule has 0 fully saturated rings. The number of rotatable bonds is 7. The van der Waals surface area contributed by atoms with Crippen molar-refractivity contribution in [2.24, 2.45) is 11.7 Å². The molecule has 0 aromatic carbocycles. The Labute approximate surface area is 109 Å². The molecule has 5 heteroatoms. The number of nitrogens with two attached hydrogens (primary N) is 1. The van der Waals surface area contributed by atoms with Crippen molar-refractivity contribution in [1.29, 1.82) is 0 Å². The van der Waals surface area contributed by atoms with Crippen LogP contribution in [0, 0.1) is 5.92 Å². The van der Waals surface area contributed by atoms with Gasteiger partial charge in [0.15, 0.2) is 0 Å². The minimum atomic E-state index is 0.105. The van der Waals surface area contributed by atoms with Crippen LogP contribution in [0.4, 0.5) is 5.82 Å². The maximum absolute atomic E-state index is 5.75. The first-order valence-electron chi connectivity index (χ1n) is 6.46. The fraction of sp³-hybridized carbons (Fsp3) is 0.692. The molecule has 0 radical (unpaired) electrons. The number of nitrogens with one attached hydrogen (secondary N) is 1. The third-order valence-corrected chi connectivity index (χ3v) is 2.39. The van der Waals surface area contributed by atoms with Crippen LogP contribution in [-0.2, 0) is 0 Å². The Balaban J connectivity index is 2.65. The molecule has 0 bridgehead atoms. The highest BCUT2D eigenvalue weighted by atomic mass is 16.5. The monoisotopic (exact) mass is 252 g/mol. The normalized spacial score (nSPS) is 12.8. The van der Waals surface area contributed by atoms with Gasteiger partial charge in [-0.25, -0.2) is 9.97 Å². The molecule has 0 saturated heterocycles. The van der Waals surface area contributed by atoms with E-state index in [4.69, 9.17) is 10.5 Å². The van der Waals surface area contributed by atoms with Crippen molar-refractivity contribution in [2.45, 2.75) is 46.3 Å². The van der Waals surface area contributed by atoms with Crippen molar-refractivity contribution in [1.82, 2.24) is 9.97 Å². The van der Waals surface area contributed by atoms with Gasteiger partial charge in [0.2, 0.25) is 5.88 Å². The van der Waals surface area contributed by atoms with Crippen LogP contribution in [0.1, 0.15) is 34.1 Å². The van der Waals surface area contributed by atoms with Crippen LogP contribution in [-0.4, -0.2) is 28.7 Å².